The fraction of sp³-hybridized carbons (Fsp3) is 0.414. The van der Waals surface area contributed by atoms with Gasteiger partial charge in [0.15, 0.2) is 0 Å². The number of allylic oxidation sites excluding steroid dienone is 2. The van der Waals surface area contributed by atoms with Gasteiger partial charge in [0, 0.05) is 43.7 Å². The molecule has 0 saturated heterocycles. The van der Waals surface area contributed by atoms with Gasteiger partial charge in [-0.3, -0.25) is 0 Å². The molecule has 0 radical (unpaired) electrons. The lowest BCUT2D eigenvalue weighted by atomic mass is 9.99. The first-order valence-corrected chi connectivity index (χ1v) is 13.2. The summed E-state index contributed by atoms with van der Waals surface area (Å²) in [5, 5.41) is 0.131. The molecule has 0 bridgehead atoms. The van der Waals surface area contributed by atoms with E-state index in [1.54, 1.807) is 21.2 Å². The summed E-state index contributed by atoms with van der Waals surface area (Å²) in [5.41, 5.74) is 2.95. The highest BCUT2D eigenvalue weighted by Gasteiger charge is 2.29. The molecule has 1 atom stereocenters. The van der Waals surface area contributed by atoms with Crippen LogP contribution in [0.4, 0.5) is 9.18 Å². The SMILES string of the molecule is CN(C)C(=O)OC(C)(C)C.COCc1ccccc1.Fc1cc2c(c(Br)c1Cl)CC(C1=CCCC=C1)O2. The monoisotopic (exact) mass is 595 g/mol. The zero-order valence-electron chi connectivity index (χ0n) is 22.3. The van der Waals surface area contributed by atoms with Crippen LogP contribution in [-0.2, 0) is 22.5 Å². The van der Waals surface area contributed by atoms with Gasteiger partial charge in [0.1, 0.15) is 23.3 Å². The van der Waals surface area contributed by atoms with Gasteiger partial charge in [-0.1, -0.05) is 60.2 Å². The highest BCUT2D eigenvalue weighted by Crippen LogP contribution is 2.42. The predicted octanol–water partition coefficient (Wildman–Crippen LogP) is 8.14. The quantitative estimate of drug-likeness (QED) is 0.336. The van der Waals surface area contributed by atoms with Gasteiger partial charge >= 0.3 is 6.09 Å². The Labute approximate surface area is 233 Å². The lowest BCUT2D eigenvalue weighted by Crippen LogP contribution is -2.31. The van der Waals surface area contributed by atoms with Crippen LogP contribution in [-0.4, -0.2) is 43.9 Å². The van der Waals surface area contributed by atoms with Crippen molar-refractivity contribution in [2.24, 2.45) is 0 Å². The Kier molecular flexibility index (Phi) is 12.1. The number of benzene rings is 2. The summed E-state index contributed by atoms with van der Waals surface area (Å²) in [6.07, 6.45) is 8.94. The molecule has 0 saturated carbocycles. The van der Waals surface area contributed by atoms with E-state index < -0.39 is 5.82 Å². The summed E-state index contributed by atoms with van der Waals surface area (Å²) in [4.78, 5) is 12.3. The average molecular weight is 597 g/mol. The van der Waals surface area contributed by atoms with Crippen LogP contribution in [0.3, 0.4) is 0 Å². The molecular weight excluding hydrogens is 561 g/mol. The number of halogens is 3. The van der Waals surface area contributed by atoms with Crippen LogP contribution in [0.15, 0.2) is 64.7 Å². The normalized spacial score (nSPS) is 15.7. The molecule has 0 N–H and O–H groups in total. The van der Waals surface area contributed by atoms with Gasteiger partial charge in [0.25, 0.3) is 0 Å². The molecule has 5 nitrogen and oxygen atoms in total. The van der Waals surface area contributed by atoms with Gasteiger partial charge in [0.05, 0.1) is 11.6 Å². The average Bonchev–Trinajstić information content (AvgIpc) is 3.28. The van der Waals surface area contributed by atoms with Crippen molar-refractivity contribution in [3.63, 3.8) is 0 Å². The molecular formula is C29H36BrClFNO4. The molecule has 1 aliphatic heterocycles. The molecule has 1 amide bonds. The fourth-order valence-corrected chi connectivity index (χ4v) is 4.15. The summed E-state index contributed by atoms with van der Waals surface area (Å²) in [5.74, 6) is 0.143. The lowest BCUT2D eigenvalue weighted by Gasteiger charge is -2.22. The van der Waals surface area contributed by atoms with Crippen molar-refractivity contribution >= 4 is 33.6 Å². The number of fused-ring (bicyclic) bond motifs is 1. The Balaban J connectivity index is 0.000000216. The van der Waals surface area contributed by atoms with Crippen molar-refractivity contribution in [1.82, 2.24) is 4.90 Å². The molecule has 1 unspecified atom stereocenters. The molecule has 37 heavy (non-hydrogen) atoms. The summed E-state index contributed by atoms with van der Waals surface area (Å²) in [6, 6.07) is 11.5. The van der Waals surface area contributed by atoms with Crippen molar-refractivity contribution < 1.29 is 23.4 Å². The van der Waals surface area contributed by atoms with Crippen LogP contribution in [0.1, 0.15) is 44.7 Å². The summed E-state index contributed by atoms with van der Waals surface area (Å²) in [6.45, 7) is 6.23. The first-order chi connectivity index (χ1) is 17.4. The van der Waals surface area contributed by atoms with E-state index in [-0.39, 0.29) is 22.8 Å². The number of hydrogen-bond acceptors (Lipinski definition) is 4. The maximum atomic E-state index is 13.5. The number of carbonyl (C=O) groups is 1. The van der Waals surface area contributed by atoms with Crippen LogP contribution in [0.25, 0.3) is 0 Å². The molecule has 4 rings (SSSR count). The number of hydrogen-bond donors (Lipinski definition) is 0. The molecule has 1 aliphatic carbocycles. The standard InChI is InChI=1S/C14H11BrClFO.C8H10O.C7H15NO2/c15-13-9-6-11(8-4-2-1-3-5-8)18-12(9)7-10(17)14(13)16;1-9-7-8-5-3-2-4-6-8;1-7(2,3)10-6(9)8(4)5/h2,4-5,7,11H,1,3,6H2;2-6H,7H2,1H3;1-5H3. The van der Waals surface area contributed by atoms with E-state index >= 15 is 0 Å². The Morgan fingerprint density at radius 2 is 1.89 bits per heavy atom. The largest absolute Gasteiger partial charge is 0.485 e. The second-order valence-corrected chi connectivity index (χ2v) is 10.9. The zero-order chi connectivity index (χ0) is 27.6. The molecule has 2 aliphatic rings. The minimum Gasteiger partial charge on any atom is -0.485 e. The molecule has 0 fully saturated rings. The van der Waals surface area contributed by atoms with Crippen molar-refractivity contribution in [2.45, 2.75) is 58.3 Å². The highest BCUT2D eigenvalue weighted by atomic mass is 79.9. The van der Waals surface area contributed by atoms with E-state index in [0.717, 1.165) is 24.8 Å². The maximum absolute atomic E-state index is 13.5. The summed E-state index contributed by atoms with van der Waals surface area (Å²) in [7, 11) is 5.02. The zero-order valence-corrected chi connectivity index (χ0v) is 24.7. The number of rotatable bonds is 3. The van der Waals surface area contributed by atoms with Gasteiger partial charge < -0.3 is 19.1 Å². The van der Waals surface area contributed by atoms with E-state index in [9.17, 15) is 9.18 Å². The number of nitrogens with zero attached hydrogens (tertiary/aromatic N) is 1. The predicted molar refractivity (Wildman–Crippen MR) is 151 cm³/mol. The van der Waals surface area contributed by atoms with Gasteiger partial charge in [0.2, 0.25) is 0 Å². The van der Waals surface area contributed by atoms with Crippen LogP contribution in [0.5, 0.6) is 5.75 Å². The summed E-state index contributed by atoms with van der Waals surface area (Å²) < 4.78 is 29.9. The lowest BCUT2D eigenvalue weighted by molar-refractivity contribution is 0.0341. The van der Waals surface area contributed by atoms with Crippen molar-refractivity contribution in [3.8, 4) is 5.75 Å². The van der Waals surface area contributed by atoms with Crippen LogP contribution in [0, 0.1) is 5.82 Å². The van der Waals surface area contributed by atoms with E-state index in [2.05, 4.69) is 34.2 Å². The Morgan fingerprint density at radius 1 is 1.22 bits per heavy atom. The number of amides is 1. The van der Waals surface area contributed by atoms with E-state index in [1.807, 2.05) is 51.1 Å². The molecule has 202 valence electrons. The second-order valence-electron chi connectivity index (χ2n) is 9.75. The Morgan fingerprint density at radius 3 is 2.41 bits per heavy atom. The topological polar surface area (TPSA) is 48.0 Å². The molecule has 0 spiro atoms. The van der Waals surface area contributed by atoms with Crippen LogP contribution >= 0.6 is 27.5 Å². The molecule has 0 aromatic heterocycles. The van der Waals surface area contributed by atoms with E-state index in [0.29, 0.717) is 16.8 Å². The van der Waals surface area contributed by atoms with Crippen molar-refractivity contribution in [1.29, 1.82) is 0 Å². The van der Waals surface area contributed by atoms with Gasteiger partial charge in [-0.15, -0.1) is 0 Å². The fourth-order valence-electron chi connectivity index (χ4n) is 3.44. The minimum atomic E-state index is -0.448. The third-order valence-corrected chi connectivity index (χ3v) is 6.66. The first-order valence-electron chi connectivity index (χ1n) is 12.1. The van der Waals surface area contributed by atoms with Gasteiger partial charge in [-0.25, -0.2) is 9.18 Å². The van der Waals surface area contributed by atoms with Crippen molar-refractivity contribution in [2.75, 3.05) is 21.2 Å². The van der Waals surface area contributed by atoms with Crippen molar-refractivity contribution in [3.05, 3.63) is 86.6 Å². The third kappa shape index (κ3) is 10.1. The number of ether oxygens (including phenoxy) is 3. The van der Waals surface area contributed by atoms with Crippen LogP contribution in [0.2, 0.25) is 5.02 Å². The second kappa shape index (κ2) is 14.6. The maximum Gasteiger partial charge on any atom is 0.409 e. The highest BCUT2D eigenvalue weighted by molar-refractivity contribution is 9.10. The van der Waals surface area contributed by atoms with Gasteiger partial charge in [-0.05, 0) is 60.7 Å². The minimum absolute atomic E-state index is 0.0225. The Hall–Kier alpha value is -2.35. The molecule has 2 aromatic carbocycles. The number of methoxy groups -OCH3 is 1. The van der Waals surface area contributed by atoms with Crippen LogP contribution < -0.4 is 4.74 Å². The third-order valence-electron chi connectivity index (χ3n) is 5.19. The van der Waals surface area contributed by atoms with E-state index in [1.165, 1.54) is 22.1 Å². The number of carbonyl (C=O) groups excluding carboxylic acids is 1. The molecule has 2 aromatic rings. The van der Waals surface area contributed by atoms with E-state index in [4.69, 9.17) is 25.8 Å². The first kappa shape index (κ1) is 30.9. The van der Waals surface area contributed by atoms with Gasteiger partial charge in [-0.2, -0.15) is 0 Å². The summed E-state index contributed by atoms with van der Waals surface area (Å²) >= 11 is 9.23. The Bertz CT molecular complexity index is 1100. The molecule has 1 heterocycles. The smallest absolute Gasteiger partial charge is 0.409 e. The molecule has 8 heteroatoms.